The maximum absolute atomic E-state index is 13.3. The van der Waals surface area contributed by atoms with Crippen LogP contribution in [0.25, 0.3) is 11.3 Å². The molecule has 1 amide bonds. The van der Waals surface area contributed by atoms with Gasteiger partial charge in [0.25, 0.3) is 0 Å². The number of hydrogen-bond donors (Lipinski definition) is 0. The maximum Gasteiger partial charge on any atom is 0.242 e. The van der Waals surface area contributed by atoms with E-state index in [4.69, 9.17) is 16.6 Å². The molecule has 3 nitrogen and oxygen atoms in total. The monoisotopic (exact) mass is 473 g/mol. The summed E-state index contributed by atoms with van der Waals surface area (Å²) in [6.07, 6.45) is 14.1. The quantitative estimate of drug-likeness (QED) is 0.430. The minimum atomic E-state index is -0.270. The number of rotatable bonds is 4. The zero-order chi connectivity index (χ0) is 22.3. The van der Waals surface area contributed by atoms with E-state index in [1.807, 2.05) is 17.0 Å². The van der Waals surface area contributed by atoms with E-state index in [0.717, 1.165) is 28.5 Å². The van der Waals surface area contributed by atoms with Crippen molar-refractivity contribution in [3.8, 4) is 11.3 Å². The molecule has 2 heterocycles. The van der Waals surface area contributed by atoms with E-state index in [1.165, 1.54) is 81.7 Å². The second kappa shape index (κ2) is 11.5. The smallest absolute Gasteiger partial charge is 0.242 e. The number of amides is 1. The molecule has 1 saturated heterocycles. The molecule has 172 valence electrons. The normalized spacial score (nSPS) is 22.0. The average Bonchev–Trinajstić information content (AvgIpc) is 3.34. The highest BCUT2D eigenvalue weighted by Gasteiger charge is 2.40. The summed E-state index contributed by atoms with van der Waals surface area (Å²) in [5.74, 6) is 1.32. The Balaban J connectivity index is 1.39. The molecule has 1 aliphatic heterocycles. The van der Waals surface area contributed by atoms with Crippen LogP contribution in [0.4, 0.5) is 4.39 Å². The Labute approximate surface area is 200 Å². The highest BCUT2D eigenvalue weighted by molar-refractivity contribution is 8.24. The number of hydrogen-bond acceptors (Lipinski definition) is 4. The van der Waals surface area contributed by atoms with Crippen molar-refractivity contribution in [2.75, 3.05) is 0 Å². The highest BCUT2D eigenvalue weighted by Crippen LogP contribution is 2.35. The number of furan rings is 1. The first kappa shape index (κ1) is 23.5. The molecule has 2 aliphatic rings. The van der Waals surface area contributed by atoms with Crippen molar-refractivity contribution in [3.05, 3.63) is 48.0 Å². The number of carbonyl (C=O) groups is 1. The zero-order valence-electron chi connectivity index (χ0n) is 18.6. The van der Waals surface area contributed by atoms with Crippen molar-refractivity contribution >= 4 is 34.2 Å². The van der Waals surface area contributed by atoms with Gasteiger partial charge in [-0.2, -0.15) is 0 Å². The topological polar surface area (TPSA) is 33.5 Å². The molecular weight excluding hydrogens is 441 g/mol. The Bertz CT molecular complexity index is 899. The van der Waals surface area contributed by atoms with E-state index in [2.05, 4.69) is 0 Å². The second-order valence-corrected chi connectivity index (χ2v) is 10.8. The van der Waals surface area contributed by atoms with Crippen LogP contribution in [0.15, 0.2) is 40.8 Å². The fourth-order valence-corrected chi connectivity index (χ4v) is 6.42. The molecule has 0 radical (unpaired) electrons. The van der Waals surface area contributed by atoms with Gasteiger partial charge < -0.3 is 4.42 Å². The number of carbonyl (C=O) groups excluding carboxylic acids is 1. The van der Waals surface area contributed by atoms with Crippen LogP contribution in [-0.2, 0) is 11.2 Å². The lowest BCUT2D eigenvalue weighted by atomic mass is 9.97. The van der Waals surface area contributed by atoms with Crippen LogP contribution in [0, 0.1) is 5.82 Å². The molecular formula is C26H32FNO2S2. The predicted molar refractivity (Wildman–Crippen MR) is 133 cm³/mol. The first-order chi connectivity index (χ1) is 15.6. The molecule has 1 unspecified atom stereocenters. The molecule has 1 aromatic heterocycles. The molecule has 1 saturated carbocycles. The Morgan fingerprint density at radius 2 is 1.50 bits per heavy atom. The summed E-state index contributed by atoms with van der Waals surface area (Å²) in [6.45, 7) is 0. The van der Waals surface area contributed by atoms with E-state index in [1.54, 1.807) is 12.1 Å². The SMILES string of the molecule is O=C1C(Cc2ccc(-c3ccc(F)cc3)o2)SC(=S)N1C1CCCCCCCCCCC1. The van der Waals surface area contributed by atoms with Gasteiger partial charge in [0.1, 0.15) is 21.7 Å². The van der Waals surface area contributed by atoms with Gasteiger partial charge in [0.05, 0.1) is 5.25 Å². The summed E-state index contributed by atoms with van der Waals surface area (Å²) < 4.78 is 19.9. The van der Waals surface area contributed by atoms with Crippen molar-refractivity contribution in [2.45, 2.75) is 88.3 Å². The predicted octanol–water partition coefficient (Wildman–Crippen LogP) is 7.53. The van der Waals surface area contributed by atoms with E-state index in [0.29, 0.717) is 12.2 Å². The molecule has 1 atom stereocenters. The summed E-state index contributed by atoms with van der Waals surface area (Å²) >= 11 is 7.18. The molecule has 6 heteroatoms. The first-order valence-corrected chi connectivity index (χ1v) is 13.3. The fourth-order valence-electron chi connectivity index (χ4n) is 4.77. The van der Waals surface area contributed by atoms with Gasteiger partial charge in [0, 0.05) is 18.0 Å². The van der Waals surface area contributed by atoms with Gasteiger partial charge in [-0.25, -0.2) is 4.39 Å². The Morgan fingerprint density at radius 3 is 2.12 bits per heavy atom. The van der Waals surface area contributed by atoms with Crippen molar-refractivity contribution in [3.63, 3.8) is 0 Å². The number of thiocarbonyl (C=S) groups is 1. The van der Waals surface area contributed by atoms with Crippen LogP contribution in [0.1, 0.15) is 76.4 Å². The van der Waals surface area contributed by atoms with Gasteiger partial charge in [0.15, 0.2) is 0 Å². The molecule has 0 bridgehead atoms. The Morgan fingerprint density at radius 1 is 0.906 bits per heavy atom. The minimum Gasteiger partial charge on any atom is -0.461 e. The Hall–Kier alpha value is -1.66. The summed E-state index contributed by atoms with van der Waals surface area (Å²) in [5, 5.41) is -0.226. The minimum absolute atomic E-state index is 0.136. The van der Waals surface area contributed by atoms with Crippen molar-refractivity contribution < 1.29 is 13.6 Å². The van der Waals surface area contributed by atoms with Crippen LogP contribution in [0.5, 0.6) is 0 Å². The summed E-state index contributed by atoms with van der Waals surface area (Å²) in [6, 6.07) is 10.3. The molecule has 1 aliphatic carbocycles. The van der Waals surface area contributed by atoms with Crippen LogP contribution >= 0.6 is 24.0 Å². The molecule has 0 spiro atoms. The number of thioether (sulfide) groups is 1. The highest BCUT2D eigenvalue weighted by atomic mass is 32.2. The van der Waals surface area contributed by atoms with Crippen LogP contribution in [-0.4, -0.2) is 26.4 Å². The maximum atomic E-state index is 13.3. The van der Waals surface area contributed by atoms with Crippen LogP contribution in [0.3, 0.4) is 0 Å². The third-order valence-corrected chi connectivity index (χ3v) is 8.11. The largest absolute Gasteiger partial charge is 0.461 e. The Kier molecular flexibility index (Phi) is 8.42. The van der Waals surface area contributed by atoms with Gasteiger partial charge in [-0.15, -0.1) is 0 Å². The fraction of sp³-hybridized carbons (Fsp3) is 0.538. The average molecular weight is 474 g/mol. The lowest BCUT2D eigenvalue weighted by molar-refractivity contribution is -0.127. The number of halogens is 1. The standard InChI is InChI=1S/C26H32FNO2S2/c27-20-14-12-19(13-15-20)23-17-16-22(30-23)18-24-25(29)28(26(31)32-24)21-10-8-6-4-2-1-3-5-7-9-11-21/h12-17,21,24H,1-11,18H2. The second-order valence-electron chi connectivity index (χ2n) is 8.97. The molecule has 2 fully saturated rings. The van der Waals surface area contributed by atoms with Gasteiger partial charge in [-0.1, -0.05) is 81.8 Å². The zero-order valence-corrected chi connectivity index (χ0v) is 20.2. The van der Waals surface area contributed by atoms with Crippen molar-refractivity contribution in [1.29, 1.82) is 0 Å². The van der Waals surface area contributed by atoms with E-state index in [-0.39, 0.29) is 23.0 Å². The molecule has 4 rings (SSSR count). The summed E-state index contributed by atoms with van der Waals surface area (Å²) in [7, 11) is 0. The van der Waals surface area contributed by atoms with Crippen molar-refractivity contribution in [2.24, 2.45) is 0 Å². The molecule has 1 aromatic carbocycles. The third-order valence-electron chi connectivity index (χ3n) is 6.57. The van der Waals surface area contributed by atoms with E-state index in [9.17, 15) is 9.18 Å². The van der Waals surface area contributed by atoms with E-state index < -0.39 is 0 Å². The number of benzene rings is 1. The third kappa shape index (κ3) is 6.02. The lowest BCUT2D eigenvalue weighted by Gasteiger charge is -2.28. The molecule has 32 heavy (non-hydrogen) atoms. The first-order valence-electron chi connectivity index (χ1n) is 12.0. The number of nitrogens with zero attached hydrogens (tertiary/aromatic N) is 1. The van der Waals surface area contributed by atoms with Crippen LogP contribution in [0.2, 0.25) is 0 Å². The van der Waals surface area contributed by atoms with Gasteiger partial charge >= 0.3 is 0 Å². The van der Waals surface area contributed by atoms with E-state index >= 15 is 0 Å². The van der Waals surface area contributed by atoms with Crippen molar-refractivity contribution in [1.82, 2.24) is 4.90 Å². The summed E-state index contributed by atoms with van der Waals surface area (Å²) in [4.78, 5) is 15.3. The van der Waals surface area contributed by atoms with Crippen LogP contribution < -0.4 is 0 Å². The van der Waals surface area contributed by atoms with Gasteiger partial charge in [-0.3, -0.25) is 9.69 Å². The molecule has 2 aromatic rings. The lowest BCUT2D eigenvalue weighted by Crippen LogP contribution is -2.41. The summed E-state index contributed by atoms with van der Waals surface area (Å²) in [5.41, 5.74) is 0.827. The molecule has 0 N–H and O–H groups in total. The van der Waals surface area contributed by atoms with Gasteiger partial charge in [-0.05, 0) is 49.2 Å². The van der Waals surface area contributed by atoms with Gasteiger partial charge in [0.2, 0.25) is 5.91 Å².